The first kappa shape index (κ1) is 22.6. The van der Waals surface area contributed by atoms with Gasteiger partial charge in [-0.25, -0.2) is 0 Å². The second kappa shape index (κ2) is 11.3. The first-order valence-electron chi connectivity index (χ1n) is 10.6. The number of aliphatic hydroxyl groups is 2. The second-order valence-corrected chi connectivity index (χ2v) is 8.82. The quantitative estimate of drug-likeness (QED) is 0.451. The number of rotatable bonds is 10. The van der Waals surface area contributed by atoms with E-state index in [-0.39, 0.29) is 6.10 Å². The van der Waals surface area contributed by atoms with Crippen LogP contribution in [0.5, 0.6) is 0 Å². The minimum atomic E-state index is -0.547. The Kier molecular flexibility index (Phi) is 9.46. The third-order valence-electron chi connectivity index (χ3n) is 6.26. The van der Waals surface area contributed by atoms with Crippen molar-refractivity contribution < 1.29 is 10.2 Å². The lowest BCUT2D eigenvalue weighted by Gasteiger charge is -2.36. The number of hydrogen-bond acceptors (Lipinski definition) is 5. The fraction of sp³-hybridized carbons (Fsp3) is 0.818. The zero-order valence-corrected chi connectivity index (χ0v) is 17.8. The molecule has 4 atom stereocenters. The van der Waals surface area contributed by atoms with E-state index in [2.05, 4.69) is 47.0 Å². The lowest BCUT2D eigenvalue weighted by Crippen LogP contribution is -2.50. The molecule has 2 aliphatic rings. The van der Waals surface area contributed by atoms with Crippen molar-refractivity contribution >= 4 is 0 Å². The highest BCUT2D eigenvalue weighted by Gasteiger charge is 2.24. The average molecular weight is 380 g/mol. The minimum absolute atomic E-state index is 0.163. The molecule has 5 heteroatoms. The predicted molar refractivity (Wildman–Crippen MR) is 112 cm³/mol. The van der Waals surface area contributed by atoms with Crippen LogP contribution < -0.4 is 0 Å². The molecule has 5 nitrogen and oxygen atoms in total. The zero-order chi connectivity index (χ0) is 19.8. The van der Waals surface area contributed by atoms with Crippen LogP contribution in [0.2, 0.25) is 0 Å². The number of hydrogen-bond donors (Lipinski definition) is 2. The van der Waals surface area contributed by atoms with Gasteiger partial charge >= 0.3 is 0 Å². The van der Waals surface area contributed by atoms with Crippen LogP contribution in [-0.2, 0) is 0 Å². The molecule has 0 saturated carbocycles. The summed E-state index contributed by atoms with van der Waals surface area (Å²) in [5.74, 6) is 0.762. The smallest absolute Gasteiger partial charge is 0.165 e. The summed E-state index contributed by atoms with van der Waals surface area (Å²) in [6.45, 7) is 1.75. The van der Waals surface area contributed by atoms with E-state index in [4.69, 9.17) is 0 Å². The van der Waals surface area contributed by atoms with Crippen LogP contribution >= 0.6 is 0 Å². The molecule has 0 fully saturated rings. The normalized spacial score (nSPS) is 25.9. The largest absolute Gasteiger partial charge is 0.393 e. The van der Waals surface area contributed by atoms with E-state index in [0.717, 1.165) is 51.1 Å². The molecule has 3 unspecified atom stereocenters. The maximum Gasteiger partial charge on any atom is 0.165 e. The molecule has 0 radical (unpaired) electrons. The number of aliphatic hydroxyl groups excluding tert-OH is 2. The summed E-state index contributed by atoms with van der Waals surface area (Å²) in [5.41, 5.74) is 1.44. The maximum absolute atomic E-state index is 10.8. The van der Waals surface area contributed by atoms with Crippen LogP contribution in [0.15, 0.2) is 23.8 Å². The van der Waals surface area contributed by atoms with Gasteiger partial charge in [-0.2, -0.15) is 0 Å². The molecule has 0 bridgehead atoms. The van der Waals surface area contributed by atoms with E-state index in [1.54, 1.807) is 0 Å². The molecule has 0 aromatic carbocycles. The molecule has 0 saturated heterocycles. The molecular weight excluding hydrogens is 338 g/mol. The third kappa shape index (κ3) is 7.66. The van der Waals surface area contributed by atoms with Crippen molar-refractivity contribution in [2.45, 2.75) is 69.9 Å². The molecule has 0 aromatic heterocycles. The fourth-order valence-corrected chi connectivity index (χ4v) is 4.16. The molecule has 2 N–H and O–H groups in total. The van der Waals surface area contributed by atoms with Crippen LogP contribution in [0.25, 0.3) is 0 Å². The van der Waals surface area contributed by atoms with Gasteiger partial charge in [-0.3, -0.25) is 9.80 Å². The van der Waals surface area contributed by atoms with Gasteiger partial charge in [0.25, 0.3) is 0 Å². The molecule has 0 aliphatic heterocycles. The molecular formula is C22H41N3O2. The molecule has 0 amide bonds. The van der Waals surface area contributed by atoms with E-state index in [9.17, 15) is 10.2 Å². The Morgan fingerprint density at radius 1 is 1.07 bits per heavy atom. The summed E-state index contributed by atoms with van der Waals surface area (Å²) < 4.78 is 0. The van der Waals surface area contributed by atoms with Gasteiger partial charge in [-0.05, 0) is 85.5 Å². The Hall–Kier alpha value is -0.720. The monoisotopic (exact) mass is 379 g/mol. The van der Waals surface area contributed by atoms with Gasteiger partial charge in [-0.1, -0.05) is 23.8 Å². The van der Waals surface area contributed by atoms with Gasteiger partial charge in [0.15, 0.2) is 6.35 Å². The van der Waals surface area contributed by atoms with Crippen molar-refractivity contribution in [1.82, 2.24) is 14.7 Å². The van der Waals surface area contributed by atoms with Crippen molar-refractivity contribution in [3.63, 3.8) is 0 Å². The Balaban J connectivity index is 1.80. The Morgan fingerprint density at radius 2 is 1.85 bits per heavy atom. The Morgan fingerprint density at radius 3 is 2.44 bits per heavy atom. The van der Waals surface area contributed by atoms with E-state index < -0.39 is 6.35 Å². The summed E-state index contributed by atoms with van der Waals surface area (Å²) >= 11 is 0. The second-order valence-electron chi connectivity index (χ2n) is 8.82. The molecule has 2 aliphatic carbocycles. The summed E-state index contributed by atoms with van der Waals surface area (Å²) in [6, 6.07) is 0.364. The Labute approximate surface area is 166 Å². The minimum Gasteiger partial charge on any atom is -0.393 e. The van der Waals surface area contributed by atoms with E-state index in [0.29, 0.717) is 6.04 Å². The molecule has 0 spiro atoms. The highest BCUT2D eigenvalue weighted by molar-refractivity contribution is 5.09. The van der Waals surface area contributed by atoms with Crippen LogP contribution in [0, 0.1) is 5.92 Å². The Bertz CT molecular complexity index is 492. The molecule has 0 aromatic rings. The summed E-state index contributed by atoms with van der Waals surface area (Å²) in [6.07, 6.45) is 14.6. The van der Waals surface area contributed by atoms with Gasteiger partial charge in [0.05, 0.1) is 6.10 Å². The van der Waals surface area contributed by atoms with Crippen LogP contribution in [0.1, 0.15) is 51.4 Å². The van der Waals surface area contributed by atoms with E-state index in [1.807, 2.05) is 14.1 Å². The highest BCUT2D eigenvalue weighted by atomic mass is 16.3. The molecule has 0 heterocycles. The third-order valence-corrected chi connectivity index (χ3v) is 6.26. The van der Waals surface area contributed by atoms with Gasteiger partial charge in [0.1, 0.15) is 0 Å². The van der Waals surface area contributed by atoms with Crippen LogP contribution in [0.3, 0.4) is 0 Å². The summed E-state index contributed by atoms with van der Waals surface area (Å²) in [4.78, 5) is 6.38. The van der Waals surface area contributed by atoms with Gasteiger partial charge in [-0.15, -0.1) is 0 Å². The number of nitrogens with zero attached hydrogens (tertiary/aromatic N) is 3. The standard InChI is InChI=1S/C22H41N3O2/c1-23(2)20(16-19-10-12-21(26)13-11-19)17-25(4)22(27)24(3)15-14-18-8-6-5-7-9-18/h5-6,10,18,20-22,26-27H,7-9,11-17H2,1-4H3/t18?,20-,21?,22?/m0/s1. The van der Waals surface area contributed by atoms with Crippen molar-refractivity contribution in [2.75, 3.05) is 41.3 Å². The van der Waals surface area contributed by atoms with Gasteiger partial charge in [0.2, 0.25) is 0 Å². The lowest BCUT2D eigenvalue weighted by atomic mass is 9.91. The van der Waals surface area contributed by atoms with Crippen molar-refractivity contribution in [2.24, 2.45) is 5.92 Å². The van der Waals surface area contributed by atoms with Gasteiger partial charge < -0.3 is 15.1 Å². The van der Waals surface area contributed by atoms with Crippen molar-refractivity contribution in [3.05, 3.63) is 23.8 Å². The van der Waals surface area contributed by atoms with Crippen molar-refractivity contribution in [3.8, 4) is 0 Å². The highest BCUT2D eigenvalue weighted by Crippen LogP contribution is 2.24. The molecule has 27 heavy (non-hydrogen) atoms. The molecule has 156 valence electrons. The first-order valence-corrected chi connectivity index (χ1v) is 10.6. The average Bonchev–Trinajstić information content (AvgIpc) is 2.67. The fourth-order valence-electron chi connectivity index (χ4n) is 4.16. The van der Waals surface area contributed by atoms with Crippen LogP contribution in [-0.4, -0.2) is 84.7 Å². The summed E-state index contributed by atoms with van der Waals surface area (Å²) in [5, 5.41) is 20.4. The van der Waals surface area contributed by atoms with Gasteiger partial charge in [0, 0.05) is 19.1 Å². The topological polar surface area (TPSA) is 50.2 Å². The number of likely N-dealkylation sites (N-methyl/N-ethyl adjacent to an activating group) is 2. The van der Waals surface area contributed by atoms with E-state index in [1.165, 1.54) is 24.8 Å². The number of allylic oxidation sites excluding steroid dienone is 2. The van der Waals surface area contributed by atoms with E-state index >= 15 is 0 Å². The first-order chi connectivity index (χ1) is 12.9. The molecule has 2 rings (SSSR count). The van der Waals surface area contributed by atoms with Crippen molar-refractivity contribution in [1.29, 1.82) is 0 Å². The SMILES string of the molecule is CN(CCC1CC=CCC1)C(O)N(C)C[C@H](CC1=CCC(O)CC1)N(C)C. The lowest BCUT2D eigenvalue weighted by molar-refractivity contribution is -0.0966. The predicted octanol–water partition coefficient (Wildman–Crippen LogP) is 2.66. The maximum atomic E-state index is 10.8. The summed E-state index contributed by atoms with van der Waals surface area (Å²) in [7, 11) is 8.27. The zero-order valence-electron chi connectivity index (χ0n) is 17.8. The van der Waals surface area contributed by atoms with Crippen LogP contribution in [0.4, 0.5) is 0 Å².